The lowest BCUT2D eigenvalue weighted by atomic mass is 9.72. The minimum absolute atomic E-state index is 0.218. The Morgan fingerprint density at radius 1 is 1.27 bits per heavy atom. The fraction of sp³-hybridized carbons (Fsp3) is 0.591. The number of halogens is 1. The number of fused-ring (bicyclic) bond motifs is 2. The molecule has 1 amide bonds. The van der Waals surface area contributed by atoms with E-state index in [0.29, 0.717) is 37.5 Å². The van der Waals surface area contributed by atoms with E-state index >= 15 is 0 Å². The van der Waals surface area contributed by atoms with Crippen LogP contribution < -0.4 is 4.28 Å². The third-order valence-electron chi connectivity index (χ3n) is 6.92. The molecule has 0 saturated carbocycles. The van der Waals surface area contributed by atoms with Crippen LogP contribution in [0, 0.1) is 5.92 Å². The zero-order valence-electron chi connectivity index (χ0n) is 18.7. The highest BCUT2D eigenvalue weighted by Crippen LogP contribution is 2.47. The molecule has 3 heterocycles. The van der Waals surface area contributed by atoms with E-state index in [4.69, 9.17) is 13.8 Å². The van der Waals surface area contributed by atoms with E-state index in [-0.39, 0.29) is 24.0 Å². The number of aromatic nitrogens is 1. The van der Waals surface area contributed by atoms with Gasteiger partial charge in [0.15, 0.2) is 0 Å². The lowest BCUT2D eigenvalue weighted by Crippen LogP contribution is -2.49. The summed E-state index contributed by atoms with van der Waals surface area (Å²) in [6.07, 6.45) is 2.47. The topological polar surface area (TPSA) is 90.3 Å². The van der Waals surface area contributed by atoms with Crippen molar-refractivity contribution in [3.63, 3.8) is 0 Å². The molecule has 1 aromatic heterocycles. The predicted molar refractivity (Wildman–Crippen MR) is 126 cm³/mol. The summed E-state index contributed by atoms with van der Waals surface area (Å²) in [4.78, 5) is 16.5. The zero-order chi connectivity index (χ0) is 23.3. The molecular weight excluding hydrogens is 514 g/mol. The van der Waals surface area contributed by atoms with Gasteiger partial charge in [0.25, 0.3) is 0 Å². The standard InChI is InChI=1S/C22H28BrN3O6S/c1-24-12-14(13-31-22(27)25-6-8-30-9-7-25)10-16-15-4-3-5-18-20(15)17(11-19(16)24)21(23)26(18)32-33(2,28)29/h3-5,14,16,19H,6-13H2,1-2H3/t14?,16-,19-/m1/s1. The second kappa shape index (κ2) is 8.75. The van der Waals surface area contributed by atoms with E-state index in [9.17, 15) is 13.2 Å². The van der Waals surface area contributed by atoms with Crippen molar-refractivity contribution in [2.24, 2.45) is 5.92 Å². The van der Waals surface area contributed by atoms with E-state index in [1.807, 2.05) is 12.1 Å². The molecule has 3 aliphatic rings. The quantitative estimate of drug-likeness (QED) is 0.586. The van der Waals surface area contributed by atoms with Crippen molar-refractivity contribution in [2.75, 3.05) is 52.8 Å². The summed E-state index contributed by atoms with van der Waals surface area (Å²) in [6, 6.07) is 6.22. The van der Waals surface area contributed by atoms with Gasteiger partial charge < -0.3 is 19.3 Å². The van der Waals surface area contributed by atoms with Gasteiger partial charge in [0.1, 0.15) is 4.60 Å². The maximum atomic E-state index is 12.4. The first kappa shape index (κ1) is 22.9. The zero-order valence-corrected chi connectivity index (χ0v) is 21.1. The van der Waals surface area contributed by atoms with E-state index in [1.54, 1.807) is 4.90 Å². The maximum absolute atomic E-state index is 12.4. The molecule has 2 fully saturated rings. The number of rotatable bonds is 4. The minimum atomic E-state index is -3.69. The summed E-state index contributed by atoms with van der Waals surface area (Å²) in [7, 11) is -1.58. The number of carbonyl (C=O) groups excluding carboxylic acids is 1. The number of amides is 1. The molecule has 0 N–H and O–H groups in total. The molecule has 0 bridgehead atoms. The first-order chi connectivity index (χ1) is 15.7. The van der Waals surface area contributed by atoms with Crippen LogP contribution in [0.15, 0.2) is 22.8 Å². The van der Waals surface area contributed by atoms with Gasteiger partial charge in [-0.2, -0.15) is 13.1 Å². The summed E-state index contributed by atoms with van der Waals surface area (Å²) < 4.78 is 42.0. The van der Waals surface area contributed by atoms with Gasteiger partial charge in [0.2, 0.25) is 0 Å². The summed E-state index contributed by atoms with van der Waals surface area (Å²) in [6.45, 7) is 3.46. The molecule has 180 valence electrons. The molecule has 11 heteroatoms. The maximum Gasteiger partial charge on any atom is 0.409 e. The lowest BCUT2D eigenvalue weighted by Gasteiger charge is -2.45. The number of likely N-dealkylation sites (tertiary alicyclic amines) is 1. The van der Waals surface area contributed by atoms with Crippen LogP contribution in [0.25, 0.3) is 10.9 Å². The summed E-state index contributed by atoms with van der Waals surface area (Å²) in [5.74, 6) is 0.476. The average Bonchev–Trinajstić information content (AvgIpc) is 3.04. The first-order valence-electron chi connectivity index (χ1n) is 11.1. The van der Waals surface area contributed by atoms with Crippen molar-refractivity contribution in [3.8, 4) is 0 Å². The molecule has 9 nitrogen and oxygen atoms in total. The highest BCUT2D eigenvalue weighted by atomic mass is 79.9. The first-order valence-corrected chi connectivity index (χ1v) is 13.7. The number of ether oxygens (including phenoxy) is 2. The van der Waals surface area contributed by atoms with Gasteiger partial charge in [-0.3, -0.25) is 4.28 Å². The number of hydrogen-bond donors (Lipinski definition) is 0. The monoisotopic (exact) mass is 541 g/mol. The molecule has 33 heavy (non-hydrogen) atoms. The third kappa shape index (κ3) is 4.36. The van der Waals surface area contributed by atoms with E-state index in [1.165, 1.54) is 10.3 Å². The minimum Gasteiger partial charge on any atom is -0.449 e. The van der Waals surface area contributed by atoms with Gasteiger partial charge in [-0.25, -0.2) is 4.79 Å². The second-order valence-electron chi connectivity index (χ2n) is 9.18. The molecule has 2 aliphatic heterocycles. The number of morpholine rings is 1. The number of likely N-dealkylation sites (N-methyl/N-ethyl adjacent to an activating group) is 1. The molecular formula is C22H28BrN3O6S. The Kier molecular flexibility index (Phi) is 6.09. The molecule has 0 radical (unpaired) electrons. The Labute approximate surface area is 201 Å². The Hall–Kier alpha value is -1.82. The normalized spacial score (nSPS) is 25.7. The van der Waals surface area contributed by atoms with Gasteiger partial charge in [-0.1, -0.05) is 12.1 Å². The third-order valence-corrected chi connectivity index (χ3v) is 8.14. The van der Waals surface area contributed by atoms with Crippen molar-refractivity contribution >= 4 is 43.0 Å². The Balaban J connectivity index is 1.39. The molecule has 0 spiro atoms. The van der Waals surface area contributed by atoms with Gasteiger partial charge >= 0.3 is 16.2 Å². The van der Waals surface area contributed by atoms with Crippen molar-refractivity contribution in [3.05, 3.63) is 33.9 Å². The molecule has 1 unspecified atom stereocenters. The number of hydrogen-bond acceptors (Lipinski definition) is 7. The highest BCUT2D eigenvalue weighted by Gasteiger charge is 2.41. The van der Waals surface area contributed by atoms with Crippen LogP contribution in [0.2, 0.25) is 0 Å². The summed E-state index contributed by atoms with van der Waals surface area (Å²) in [5.41, 5.74) is 2.99. The summed E-state index contributed by atoms with van der Waals surface area (Å²) >= 11 is 3.59. The molecule has 2 saturated heterocycles. The Morgan fingerprint density at radius 2 is 2.03 bits per heavy atom. The van der Waals surface area contributed by atoms with Crippen LogP contribution in [-0.4, -0.2) is 87.8 Å². The van der Waals surface area contributed by atoms with E-state index < -0.39 is 10.1 Å². The number of piperidine rings is 1. The fourth-order valence-corrected chi connectivity index (χ4v) is 6.66. The largest absolute Gasteiger partial charge is 0.449 e. The van der Waals surface area contributed by atoms with E-state index in [2.05, 4.69) is 33.9 Å². The van der Waals surface area contributed by atoms with Crippen molar-refractivity contribution < 1.29 is 27.0 Å². The van der Waals surface area contributed by atoms with Gasteiger partial charge in [0, 0.05) is 42.9 Å². The molecule has 3 atom stereocenters. The van der Waals surface area contributed by atoms with Crippen LogP contribution in [0.4, 0.5) is 4.79 Å². The smallest absolute Gasteiger partial charge is 0.409 e. The van der Waals surface area contributed by atoms with E-state index in [0.717, 1.165) is 42.1 Å². The fourth-order valence-electron chi connectivity index (χ4n) is 5.52. The van der Waals surface area contributed by atoms with Crippen molar-refractivity contribution in [1.29, 1.82) is 0 Å². The van der Waals surface area contributed by atoms with Crippen molar-refractivity contribution in [2.45, 2.75) is 24.8 Å². The van der Waals surface area contributed by atoms with Gasteiger partial charge in [-0.05, 0) is 53.0 Å². The summed E-state index contributed by atoms with van der Waals surface area (Å²) in [5, 5.41) is 1.05. The van der Waals surface area contributed by atoms with Crippen LogP contribution >= 0.6 is 15.9 Å². The predicted octanol–water partition coefficient (Wildman–Crippen LogP) is 2.22. The highest BCUT2D eigenvalue weighted by molar-refractivity contribution is 9.10. The lowest BCUT2D eigenvalue weighted by molar-refractivity contribution is 0.0132. The molecule has 5 rings (SSSR count). The van der Waals surface area contributed by atoms with Gasteiger partial charge in [0.05, 0.1) is 31.6 Å². The van der Waals surface area contributed by atoms with Crippen LogP contribution in [0.5, 0.6) is 0 Å². The molecule has 1 aromatic carbocycles. The molecule has 1 aliphatic carbocycles. The SMILES string of the molecule is CN1CC(COC(=O)N2CCOCC2)C[C@@H]2c3cccc4c3c(c(Br)n4OS(C)(=O)=O)C[C@H]21. The number of benzene rings is 1. The van der Waals surface area contributed by atoms with Gasteiger partial charge in [-0.15, -0.1) is 0 Å². The Morgan fingerprint density at radius 3 is 2.76 bits per heavy atom. The Bertz CT molecular complexity index is 1180. The van der Waals surface area contributed by atoms with Crippen LogP contribution in [0.3, 0.4) is 0 Å². The van der Waals surface area contributed by atoms with Crippen LogP contribution in [0.1, 0.15) is 23.5 Å². The average molecular weight is 542 g/mol. The van der Waals surface area contributed by atoms with Crippen LogP contribution in [-0.2, 0) is 26.0 Å². The molecule has 2 aromatic rings. The number of carbonyl (C=O) groups is 1. The second-order valence-corrected chi connectivity index (χ2v) is 11.5. The number of nitrogens with zero attached hydrogens (tertiary/aromatic N) is 3. The van der Waals surface area contributed by atoms with Crippen molar-refractivity contribution in [1.82, 2.24) is 14.5 Å².